The third kappa shape index (κ3) is 4.89. The molecule has 0 aliphatic heterocycles. The molecule has 1 amide bonds. The molecule has 0 saturated heterocycles. The van der Waals surface area contributed by atoms with E-state index < -0.39 is 63.5 Å². The number of sulfonamides is 1. The van der Waals surface area contributed by atoms with E-state index in [1.54, 1.807) is 24.4 Å². The van der Waals surface area contributed by atoms with Gasteiger partial charge in [-0.05, 0) is 23.4 Å². The SMILES string of the molecule is Cn1cc(C(=O)NS(=O)(=O)c2c(C(F)(F)F)cccc2[Si](C)(C)C)nc1-c1c(F)cccc1F. The number of carbonyl (C=O) groups excluding carboxylic acids is 1. The highest BCUT2D eigenvalue weighted by molar-refractivity contribution is 7.90. The summed E-state index contributed by atoms with van der Waals surface area (Å²) < 4.78 is 98.2. The predicted molar refractivity (Wildman–Crippen MR) is 118 cm³/mol. The van der Waals surface area contributed by atoms with Crippen LogP contribution in [0.3, 0.4) is 0 Å². The molecule has 1 aromatic heterocycles. The fraction of sp³-hybridized carbons (Fsp3) is 0.238. The standard InChI is InChI=1S/C21H20F5N3O3SSi/c1-29-11-15(27-19(29)17-13(22)8-6-9-14(17)23)20(30)28-33(31,32)18-12(21(24,25)26)7-5-10-16(18)34(2,3)4/h5-11H,1-4H3,(H,28,30). The first kappa shape index (κ1) is 25.6. The lowest BCUT2D eigenvalue weighted by Gasteiger charge is -2.24. The minimum absolute atomic E-state index is 0.0160. The van der Waals surface area contributed by atoms with Crippen molar-refractivity contribution in [1.82, 2.24) is 14.3 Å². The summed E-state index contributed by atoms with van der Waals surface area (Å²) in [6.45, 7) is 4.99. The number of nitrogens with zero attached hydrogens (tertiary/aromatic N) is 2. The van der Waals surface area contributed by atoms with E-state index in [0.29, 0.717) is 6.07 Å². The van der Waals surface area contributed by atoms with E-state index in [9.17, 15) is 35.2 Å². The van der Waals surface area contributed by atoms with Crippen molar-refractivity contribution in [3.05, 3.63) is 65.5 Å². The van der Waals surface area contributed by atoms with Crippen LogP contribution < -0.4 is 9.91 Å². The Labute approximate surface area is 193 Å². The van der Waals surface area contributed by atoms with Crippen molar-refractivity contribution in [3.8, 4) is 11.4 Å². The number of rotatable bonds is 5. The number of carbonyl (C=O) groups is 1. The normalized spacial score (nSPS) is 12.6. The van der Waals surface area contributed by atoms with Gasteiger partial charge in [0.1, 0.15) is 23.2 Å². The Morgan fingerprint density at radius 3 is 2.12 bits per heavy atom. The molecule has 0 spiro atoms. The molecular formula is C21H20F5N3O3SSi. The van der Waals surface area contributed by atoms with Crippen LogP contribution in [-0.4, -0.2) is 31.9 Å². The first-order chi connectivity index (χ1) is 15.5. The van der Waals surface area contributed by atoms with Crippen molar-refractivity contribution in [3.63, 3.8) is 0 Å². The highest BCUT2D eigenvalue weighted by Gasteiger charge is 2.41. The predicted octanol–water partition coefficient (Wildman–Crippen LogP) is 4.05. The monoisotopic (exact) mass is 517 g/mol. The molecule has 182 valence electrons. The third-order valence-electron chi connectivity index (χ3n) is 4.92. The van der Waals surface area contributed by atoms with Crippen LogP contribution in [0.1, 0.15) is 16.1 Å². The van der Waals surface area contributed by atoms with Gasteiger partial charge >= 0.3 is 6.18 Å². The number of aryl methyl sites for hydroxylation is 1. The highest BCUT2D eigenvalue weighted by atomic mass is 32.2. The maximum Gasteiger partial charge on any atom is 0.417 e. The second kappa shape index (κ2) is 8.62. The van der Waals surface area contributed by atoms with Crippen LogP contribution in [0.15, 0.2) is 47.5 Å². The van der Waals surface area contributed by atoms with Gasteiger partial charge in [-0.3, -0.25) is 4.79 Å². The molecule has 2 aromatic carbocycles. The number of imidazole rings is 1. The van der Waals surface area contributed by atoms with E-state index in [4.69, 9.17) is 0 Å². The average Bonchev–Trinajstić information content (AvgIpc) is 3.07. The van der Waals surface area contributed by atoms with Crippen molar-refractivity contribution in [2.45, 2.75) is 30.7 Å². The van der Waals surface area contributed by atoms with Gasteiger partial charge in [-0.1, -0.05) is 37.8 Å². The summed E-state index contributed by atoms with van der Waals surface area (Å²) >= 11 is 0. The van der Waals surface area contributed by atoms with Crippen molar-refractivity contribution >= 4 is 29.2 Å². The van der Waals surface area contributed by atoms with Crippen LogP contribution >= 0.6 is 0 Å². The molecule has 0 aliphatic rings. The number of alkyl halides is 3. The van der Waals surface area contributed by atoms with E-state index in [1.807, 2.05) is 0 Å². The van der Waals surface area contributed by atoms with E-state index >= 15 is 0 Å². The smallest absolute Gasteiger partial charge is 0.333 e. The topological polar surface area (TPSA) is 81.1 Å². The van der Waals surface area contributed by atoms with Crippen LogP contribution in [0.5, 0.6) is 0 Å². The molecule has 0 fully saturated rings. The number of aromatic nitrogens is 2. The molecule has 6 nitrogen and oxygen atoms in total. The van der Waals surface area contributed by atoms with Crippen LogP contribution in [-0.2, 0) is 23.2 Å². The maximum absolute atomic E-state index is 14.1. The van der Waals surface area contributed by atoms with Gasteiger partial charge in [-0.2, -0.15) is 13.2 Å². The van der Waals surface area contributed by atoms with Gasteiger partial charge in [-0.25, -0.2) is 26.9 Å². The lowest BCUT2D eigenvalue weighted by atomic mass is 10.2. The molecule has 0 atom stereocenters. The zero-order valence-electron chi connectivity index (χ0n) is 18.5. The van der Waals surface area contributed by atoms with Crippen LogP contribution in [0.4, 0.5) is 22.0 Å². The van der Waals surface area contributed by atoms with E-state index in [0.717, 1.165) is 35.0 Å². The number of benzene rings is 2. The van der Waals surface area contributed by atoms with Gasteiger partial charge in [0.05, 0.1) is 24.1 Å². The first-order valence-corrected chi connectivity index (χ1v) is 14.8. The van der Waals surface area contributed by atoms with Crippen LogP contribution in [0.2, 0.25) is 19.6 Å². The number of amides is 1. The molecule has 0 radical (unpaired) electrons. The molecule has 0 unspecified atom stereocenters. The van der Waals surface area contributed by atoms with Gasteiger partial charge in [0.15, 0.2) is 0 Å². The van der Waals surface area contributed by atoms with E-state index in [-0.39, 0.29) is 11.0 Å². The van der Waals surface area contributed by atoms with Gasteiger partial charge < -0.3 is 4.57 Å². The highest BCUT2D eigenvalue weighted by Crippen LogP contribution is 2.34. The summed E-state index contributed by atoms with van der Waals surface area (Å²) in [5, 5.41) is -0.0160. The second-order valence-corrected chi connectivity index (χ2v) is 15.2. The Balaban J connectivity index is 2.08. The molecular weight excluding hydrogens is 497 g/mol. The third-order valence-corrected chi connectivity index (χ3v) is 8.56. The molecule has 3 aromatic rings. The Hall–Kier alpha value is -3.06. The fourth-order valence-corrected chi connectivity index (χ4v) is 7.40. The minimum atomic E-state index is -5.00. The Morgan fingerprint density at radius 1 is 1.03 bits per heavy atom. The molecule has 1 N–H and O–H groups in total. The van der Waals surface area contributed by atoms with Crippen molar-refractivity contribution in [1.29, 1.82) is 0 Å². The van der Waals surface area contributed by atoms with Gasteiger partial charge in [0, 0.05) is 13.2 Å². The summed E-state index contributed by atoms with van der Waals surface area (Å²) in [7, 11) is -6.30. The molecule has 34 heavy (non-hydrogen) atoms. The Bertz CT molecular complexity index is 1330. The molecule has 1 heterocycles. The number of hydrogen-bond donors (Lipinski definition) is 1. The summed E-state index contributed by atoms with van der Waals surface area (Å²) in [6.07, 6.45) is -3.98. The average molecular weight is 518 g/mol. The molecule has 0 aliphatic carbocycles. The largest absolute Gasteiger partial charge is 0.417 e. The molecule has 3 rings (SSSR count). The van der Waals surface area contributed by atoms with E-state index in [2.05, 4.69) is 4.98 Å². The van der Waals surface area contributed by atoms with Crippen LogP contribution in [0, 0.1) is 11.6 Å². The summed E-state index contributed by atoms with van der Waals surface area (Å²) in [6, 6.07) is 6.12. The first-order valence-electron chi connectivity index (χ1n) is 9.79. The van der Waals surface area contributed by atoms with Gasteiger partial charge in [-0.15, -0.1) is 0 Å². The van der Waals surface area contributed by atoms with Crippen LogP contribution in [0.25, 0.3) is 11.4 Å². The zero-order valence-corrected chi connectivity index (χ0v) is 20.3. The summed E-state index contributed by atoms with van der Waals surface area (Å²) in [5.41, 5.74) is -2.50. The number of hydrogen-bond acceptors (Lipinski definition) is 4. The lowest BCUT2D eigenvalue weighted by molar-refractivity contribution is -0.139. The fourth-order valence-electron chi connectivity index (χ4n) is 3.39. The van der Waals surface area contributed by atoms with Gasteiger partial charge in [0.25, 0.3) is 15.9 Å². The number of nitrogens with one attached hydrogen (secondary N) is 1. The zero-order chi connectivity index (χ0) is 25.6. The van der Waals surface area contributed by atoms with Crippen molar-refractivity contribution in [2.24, 2.45) is 7.05 Å². The van der Waals surface area contributed by atoms with Crippen molar-refractivity contribution < 1.29 is 35.2 Å². The van der Waals surface area contributed by atoms with Gasteiger partial charge in [0.2, 0.25) is 0 Å². The maximum atomic E-state index is 14.1. The Kier molecular flexibility index (Phi) is 6.48. The molecule has 13 heteroatoms. The molecule has 0 saturated carbocycles. The lowest BCUT2D eigenvalue weighted by Crippen LogP contribution is -2.45. The number of halogens is 5. The quantitative estimate of drug-likeness (QED) is 0.409. The van der Waals surface area contributed by atoms with E-state index in [1.165, 1.54) is 13.1 Å². The molecule has 0 bridgehead atoms. The van der Waals surface area contributed by atoms with Crippen molar-refractivity contribution in [2.75, 3.05) is 0 Å². The minimum Gasteiger partial charge on any atom is -0.333 e. The Morgan fingerprint density at radius 2 is 1.59 bits per heavy atom. The summed E-state index contributed by atoms with van der Waals surface area (Å²) in [4.78, 5) is 15.5. The summed E-state index contributed by atoms with van der Waals surface area (Å²) in [5.74, 6) is -3.59. The second-order valence-electron chi connectivity index (χ2n) is 8.52.